The standard InChI is InChI=1S/C23H29BN2O5S/c1-16-10-17(2)12-19(11-16)30-20-13-18(24)14-21(15-20)32(28,29)26-8-6-25(7-9-26)22(27)31-23(3,4)5/h10-15H,6-9H2,1-5H3. The molecule has 0 N–H and O–H groups in total. The summed E-state index contributed by atoms with van der Waals surface area (Å²) < 4.78 is 39.1. The number of benzene rings is 2. The van der Waals surface area contributed by atoms with E-state index in [-0.39, 0.29) is 36.5 Å². The quantitative estimate of drug-likeness (QED) is 0.661. The molecule has 0 aliphatic carbocycles. The van der Waals surface area contributed by atoms with Gasteiger partial charge in [0.1, 0.15) is 24.9 Å². The Bertz CT molecular complexity index is 1080. The lowest BCUT2D eigenvalue weighted by atomic mass is 9.96. The van der Waals surface area contributed by atoms with Crippen LogP contribution in [0.25, 0.3) is 0 Å². The minimum atomic E-state index is -3.81. The van der Waals surface area contributed by atoms with Gasteiger partial charge in [0.15, 0.2) is 0 Å². The van der Waals surface area contributed by atoms with Crippen LogP contribution in [0, 0.1) is 13.8 Å². The number of amides is 1. The first-order chi connectivity index (χ1) is 14.8. The van der Waals surface area contributed by atoms with E-state index in [1.54, 1.807) is 26.8 Å². The summed E-state index contributed by atoms with van der Waals surface area (Å²) in [6, 6.07) is 10.3. The van der Waals surface area contributed by atoms with Gasteiger partial charge < -0.3 is 14.4 Å². The number of aryl methyl sites for hydroxylation is 2. The minimum absolute atomic E-state index is 0.0580. The van der Waals surface area contributed by atoms with Crippen molar-refractivity contribution in [1.29, 1.82) is 0 Å². The minimum Gasteiger partial charge on any atom is -0.457 e. The largest absolute Gasteiger partial charge is 0.457 e. The maximum atomic E-state index is 13.2. The molecule has 1 saturated heterocycles. The van der Waals surface area contributed by atoms with Crippen molar-refractivity contribution in [3.05, 3.63) is 47.5 Å². The molecule has 7 nitrogen and oxygen atoms in total. The zero-order valence-corrected chi connectivity index (χ0v) is 20.0. The third-order valence-corrected chi connectivity index (χ3v) is 6.74. The molecule has 1 amide bonds. The van der Waals surface area contributed by atoms with E-state index in [2.05, 4.69) is 0 Å². The van der Waals surface area contributed by atoms with Gasteiger partial charge in [-0.2, -0.15) is 4.31 Å². The van der Waals surface area contributed by atoms with Crippen LogP contribution in [0.2, 0.25) is 0 Å². The number of carbonyl (C=O) groups excluding carboxylic acids is 1. The average Bonchev–Trinajstić information content (AvgIpc) is 2.65. The molecule has 1 fully saturated rings. The number of piperazine rings is 1. The molecule has 0 bridgehead atoms. The zero-order valence-electron chi connectivity index (χ0n) is 19.2. The van der Waals surface area contributed by atoms with Crippen molar-refractivity contribution in [2.24, 2.45) is 0 Å². The van der Waals surface area contributed by atoms with Gasteiger partial charge in [-0.05, 0) is 70.0 Å². The maximum Gasteiger partial charge on any atom is 0.410 e. The monoisotopic (exact) mass is 456 g/mol. The highest BCUT2D eigenvalue weighted by Crippen LogP contribution is 2.27. The second kappa shape index (κ2) is 9.15. The first-order valence-electron chi connectivity index (χ1n) is 10.5. The number of rotatable bonds is 4. The topological polar surface area (TPSA) is 76.2 Å². The van der Waals surface area contributed by atoms with Crippen LogP contribution >= 0.6 is 0 Å². The summed E-state index contributed by atoms with van der Waals surface area (Å²) >= 11 is 0. The summed E-state index contributed by atoms with van der Waals surface area (Å²) in [6.45, 7) is 10.2. The summed E-state index contributed by atoms with van der Waals surface area (Å²) in [4.78, 5) is 13.8. The summed E-state index contributed by atoms with van der Waals surface area (Å²) in [5, 5.41) is 0. The van der Waals surface area contributed by atoms with Crippen LogP contribution in [0.3, 0.4) is 0 Å². The summed E-state index contributed by atoms with van der Waals surface area (Å²) in [6.07, 6.45) is -0.442. The molecule has 0 spiro atoms. The SMILES string of the molecule is [B]c1cc(Oc2cc(C)cc(C)c2)cc(S(=O)(=O)N2CCN(C(=O)OC(C)(C)C)CC2)c1. The Labute approximate surface area is 191 Å². The Morgan fingerprint density at radius 1 is 0.906 bits per heavy atom. The van der Waals surface area contributed by atoms with Crippen LogP contribution in [0.4, 0.5) is 4.79 Å². The molecule has 1 heterocycles. The van der Waals surface area contributed by atoms with Gasteiger partial charge in [-0.15, -0.1) is 0 Å². The lowest BCUT2D eigenvalue weighted by Crippen LogP contribution is -2.51. The second-order valence-corrected chi connectivity index (χ2v) is 11.0. The van der Waals surface area contributed by atoms with Crippen LogP contribution in [0.5, 0.6) is 11.5 Å². The molecule has 1 aliphatic heterocycles. The van der Waals surface area contributed by atoms with Crippen molar-refractivity contribution in [3.8, 4) is 11.5 Å². The molecule has 170 valence electrons. The smallest absolute Gasteiger partial charge is 0.410 e. The normalized spacial score (nSPS) is 15.5. The molecule has 32 heavy (non-hydrogen) atoms. The van der Waals surface area contributed by atoms with Crippen molar-refractivity contribution in [1.82, 2.24) is 9.21 Å². The summed E-state index contributed by atoms with van der Waals surface area (Å²) in [5.74, 6) is 0.961. The molecule has 0 saturated carbocycles. The molecule has 3 rings (SSSR count). The Morgan fingerprint density at radius 2 is 1.47 bits per heavy atom. The molecule has 2 aromatic carbocycles. The van der Waals surface area contributed by atoms with E-state index in [0.29, 0.717) is 11.5 Å². The molecule has 0 atom stereocenters. The Hall–Kier alpha value is -2.52. The van der Waals surface area contributed by atoms with Gasteiger partial charge in [0.25, 0.3) is 0 Å². The molecular formula is C23H29BN2O5S. The van der Waals surface area contributed by atoms with E-state index in [1.165, 1.54) is 21.3 Å². The molecule has 1 aliphatic rings. The fourth-order valence-corrected chi connectivity index (χ4v) is 5.01. The fraction of sp³-hybridized carbons (Fsp3) is 0.435. The number of ether oxygens (including phenoxy) is 2. The molecular weight excluding hydrogens is 427 g/mol. The number of hydrogen-bond acceptors (Lipinski definition) is 5. The third-order valence-electron chi connectivity index (χ3n) is 4.86. The van der Waals surface area contributed by atoms with E-state index in [0.717, 1.165) is 11.1 Å². The lowest BCUT2D eigenvalue weighted by Gasteiger charge is -2.35. The summed E-state index contributed by atoms with van der Waals surface area (Å²) in [5.41, 5.74) is 1.77. The first-order valence-corrected chi connectivity index (χ1v) is 11.9. The first kappa shape index (κ1) is 24.1. The van der Waals surface area contributed by atoms with Gasteiger partial charge in [0.2, 0.25) is 10.0 Å². The van der Waals surface area contributed by atoms with E-state index >= 15 is 0 Å². The third kappa shape index (κ3) is 6.04. The van der Waals surface area contributed by atoms with Crippen molar-refractivity contribution in [2.75, 3.05) is 26.2 Å². The molecule has 2 aromatic rings. The van der Waals surface area contributed by atoms with E-state index in [9.17, 15) is 13.2 Å². The average molecular weight is 456 g/mol. The molecule has 2 radical (unpaired) electrons. The summed E-state index contributed by atoms with van der Waals surface area (Å²) in [7, 11) is 2.18. The Kier molecular flexibility index (Phi) is 6.90. The van der Waals surface area contributed by atoms with E-state index in [1.807, 2.05) is 32.0 Å². The highest BCUT2D eigenvalue weighted by molar-refractivity contribution is 7.89. The Balaban J connectivity index is 1.75. The number of sulfonamides is 1. The van der Waals surface area contributed by atoms with Gasteiger partial charge in [0.05, 0.1) is 4.90 Å². The highest BCUT2D eigenvalue weighted by Gasteiger charge is 2.32. The van der Waals surface area contributed by atoms with Gasteiger partial charge in [-0.1, -0.05) is 11.5 Å². The van der Waals surface area contributed by atoms with Crippen molar-refractivity contribution >= 4 is 29.4 Å². The van der Waals surface area contributed by atoms with E-state index < -0.39 is 21.7 Å². The maximum absolute atomic E-state index is 13.2. The second-order valence-electron chi connectivity index (χ2n) is 9.03. The van der Waals surface area contributed by atoms with Crippen molar-refractivity contribution in [2.45, 2.75) is 45.1 Å². The van der Waals surface area contributed by atoms with Crippen LogP contribution in [0.15, 0.2) is 41.3 Å². The van der Waals surface area contributed by atoms with Crippen molar-refractivity contribution < 1.29 is 22.7 Å². The van der Waals surface area contributed by atoms with Crippen molar-refractivity contribution in [3.63, 3.8) is 0 Å². The molecule has 0 aromatic heterocycles. The predicted molar refractivity (Wildman–Crippen MR) is 124 cm³/mol. The van der Waals surface area contributed by atoms with Crippen LogP contribution in [0.1, 0.15) is 31.9 Å². The molecule has 9 heteroatoms. The molecule has 0 unspecified atom stereocenters. The zero-order chi connectivity index (χ0) is 23.7. The van der Waals surface area contributed by atoms with Gasteiger partial charge >= 0.3 is 6.09 Å². The van der Waals surface area contributed by atoms with Crippen LogP contribution in [-0.2, 0) is 14.8 Å². The fourth-order valence-electron chi connectivity index (χ4n) is 3.52. The number of carbonyl (C=O) groups is 1. The predicted octanol–water partition coefficient (Wildman–Crippen LogP) is 3.13. The van der Waals surface area contributed by atoms with Gasteiger partial charge in [-0.3, -0.25) is 0 Å². The number of nitrogens with zero attached hydrogens (tertiary/aromatic N) is 2. The van der Waals surface area contributed by atoms with Crippen LogP contribution in [-0.4, -0.2) is 63.3 Å². The van der Waals surface area contributed by atoms with Gasteiger partial charge in [0, 0.05) is 32.2 Å². The lowest BCUT2D eigenvalue weighted by molar-refractivity contribution is 0.0192. The number of hydrogen-bond donors (Lipinski definition) is 0. The highest BCUT2D eigenvalue weighted by atomic mass is 32.2. The Morgan fingerprint density at radius 3 is 2.03 bits per heavy atom. The van der Waals surface area contributed by atoms with Crippen LogP contribution < -0.4 is 10.2 Å². The van der Waals surface area contributed by atoms with Gasteiger partial charge in [-0.25, -0.2) is 13.2 Å². The van der Waals surface area contributed by atoms with E-state index in [4.69, 9.17) is 17.3 Å².